The number of hydrogen-bond acceptors (Lipinski definition) is 8. The summed E-state index contributed by atoms with van der Waals surface area (Å²) >= 11 is 0. The summed E-state index contributed by atoms with van der Waals surface area (Å²) < 4.78 is 35.3. The Labute approximate surface area is 175 Å². The molecular formula is C22H28O8. The van der Waals surface area contributed by atoms with Gasteiger partial charge in [0, 0.05) is 6.42 Å². The van der Waals surface area contributed by atoms with Crippen molar-refractivity contribution in [1.82, 2.24) is 0 Å². The van der Waals surface area contributed by atoms with Crippen molar-refractivity contribution in [2.45, 2.75) is 80.8 Å². The van der Waals surface area contributed by atoms with Crippen LogP contribution in [0, 0.1) is 0 Å². The monoisotopic (exact) mass is 420 g/mol. The maximum atomic E-state index is 11.6. The van der Waals surface area contributed by atoms with Crippen LogP contribution < -0.4 is 0 Å². The standard InChI is InChI=1S/C22H28O8/c1-25-16(23)11-14-7-8-15-17(27-14)18-19-20(28-15)21(24)22(29-18,30-19)9-10-26-12-13-5-3-2-4-6-13/h2-6,14-15,17-21,24H,7-12H2,1H3/t14-,15+,17+,18+,19+,20-,21+,22+/m1/s1. The fourth-order valence-electron chi connectivity index (χ4n) is 5.04. The number of aliphatic hydroxyl groups excluding tert-OH is 1. The molecular weight excluding hydrogens is 392 g/mol. The molecule has 30 heavy (non-hydrogen) atoms. The maximum absolute atomic E-state index is 11.6. The molecule has 4 fully saturated rings. The first kappa shape index (κ1) is 20.4. The minimum atomic E-state index is -1.14. The fraction of sp³-hybridized carbons (Fsp3) is 0.682. The van der Waals surface area contributed by atoms with Crippen LogP contribution in [-0.2, 0) is 39.8 Å². The van der Waals surface area contributed by atoms with E-state index >= 15 is 0 Å². The molecule has 0 radical (unpaired) electrons. The molecule has 8 nitrogen and oxygen atoms in total. The van der Waals surface area contributed by atoms with Gasteiger partial charge < -0.3 is 33.5 Å². The molecule has 1 N–H and O–H groups in total. The third-order valence-corrected chi connectivity index (χ3v) is 6.55. The van der Waals surface area contributed by atoms with Crippen LogP contribution in [0.15, 0.2) is 30.3 Å². The number of ether oxygens (including phenoxy) is 6. The second kappa shape index (κ2) is 8.18. The minimum absolute atomic E-state index is 0.172. The Kier molecular flexibility index (Phi) is 5.55. The number of rotatable bonds is 7. The van der Waals surface area contributed by atoms with E-state index < -0.39 is 18.0 Å². The Bertz CT molecular complexity index is 757. The van der Waals surface area contributed by atoms with Gasteiger partial charge in [-0.3, -0.25) is 4.79 Å². The Hall–Kier alpha value is -1.55. The van der Waals surface area contributed by atoms with Gasteiger partial charge in [-0.05, 0) is 18.4 Å². The normalized spacial score (nSPS) is 41.5. The van der Waals surface area contributed by atoms with Gasteiger partial charge in [0.2, 0.25) is 0 Å². The lowest BCUT2D eigenvalue weighted by Gasteiger charge is -2.49. The number of benzene rings is 1. The first-order valence-electron chi connectivity index (χ1n) is 10.6. The first-order valence-corrected chi connectivity index (χ1v) is 10.6. The summed E-state index contributed by atoms with van der Waals surface area (Å²) in [6, 6.07) is 9.92. The van der Waals surface area contributed by atoms with Crippen LogP contribution >= 0.6 is 0 Å². The first-order chi connectivity index (χ1) is 14.6. The maximum Gasteiger partial charge on any atom is 0.308 e. The van der Waals surface area contributed by atoms with E-state index in [4.69, 9.17) is 28.4 Å². The van der Waals surface area contributed by atoms with E-state index in [9.17, 15) is 9.90 Å². The number of carbonyl (C=O) groups excluding carboxylic acids is 1. The van der Waals surface area contributed by atoms with Gasteiger partial charge in [-0.25, -0.2) is 0 Å². The van der Waals surface area contributed by atoms with Gasteiger partial charge in [0.25, 0.3) is 0 Å². The molecule has 0 unspecified atom stereocenters. The van der Waals surface area contributed by atoms with Crippen molar-refractivity contribution in [1.29, 1.82) is 0 Å². The van der Waals surface area contributed by atoms with E-state index in [0.717, 1.165) is 12.0 Å². The molecule has 4 aliphatic heterocycles. The van der Waals surface area contributed by atoms with Crippen LogP contribution in [0.1, 0.15) is 31.2 Å². The lowest BCUT2D eigenvalue weighted by Crippen LogP contribution is -2.65. The zero-order chi connectivity index (χ0) is 20.7. The van der Waals surface area contributed by atoms with Crippen molar-refractivity contribution in [2.24, 2.45) is 0 Å². The lowest BCUT2D eigenvalue weighted by molar-refractivity contribution is -0.301. The van der Waals surface area contributed by atoms with Gasteiger partial charge in [-0.1, -0.05) is 30.3 Å². The topological polar surface area (TPSA) is 92.7 Å². The lowest BCUT2D eigenvalue weighted by atomic mass is 9.85. The van der Waals surface area contributed by atoms with Gasteiger partial charge in [0.1, 0.15) is 30.5 Å². The average Bonchev–Trinajstić information content (AvgIpc) is 3.29. The number of fused-ring (bicyclic) bond motifs is 3. The van der Waals surface area contributed by atoms with Crippen molar-refractivity contribution < 1.29 is 38.3 Å². The van der Waals surface area contributed by atoms with Crippen molar-refractivity contribution in [3.05, 3.63) is 35.9 Å². The number of aliphatic hydroxyl groups is 1. The number of hydrogen-bond donors (Lipinski definition) is 1. The van der Waals surface area contributed by atoms with E-state index in [1.807, 2.05) is 30.3 Å². The van der Waals surface area contributed by atoms with Crippen molar-refractivity contribution in [2.75, 3.05) is 13.7 Å². The van der Waals surface area contributed by atoms with E-state index in [1.54, 1.807) is 0 Å². The molecule has 8 heteroatoms. The smallest absolute Gasteiger partial charge is 0.308 e. The summed E-state index contributed by atoms with van der Waals surface area (Å²) in [5.74, 6) is -1.43. The molecule has 0 saturated carbocycles. The van der Waals surface area contributed by atoms with Crippen molar-refractivity contribution in [3.63, 3.8) is 0 Å². The molecule has 0 aliphatic carbocycles. The van der Waals surface area contributed by atoms with Gasteiger partial charge >= 0.3 is 5.97 Å². The summed E-state index contributed by atoms with van der Waals surface area (Å²) in [7, 11) is 1.38. The molecule has 1 aromatic rings. The SMILES string of the molecule is COC(=O)C[C@H]1CC[C@@H]2O[C@@H]3[C@H]4O[C@](CCOCc5ccccc5)(O[C@H]4[C@H]2O1)[C@H]3O. The fourth-order valence-corrected chi connectivity index (χ4v) is 5.04. The van der Waals surface area contributed by atoms with Crippen LogP contribution in [0.2, 0.25) is 0 Å². The second-order valence-corrected chi connectivity index (χ2v) is 8.43. The van der Waals surface area contributed by atoms with Gasteiger partial charge in [0.05, 0.1) is 39.0 Å². The zero-order valence-corrected chi connectivity index (χ0v) is 17.0. The molecule has 8 atom stereocenters. The van der Waals surface area contributed by atoms with Gasteiger partial charge in [0.15, 0.2) is 5.79 Å². The summed E-state index contributed by atoms with van der Waals surface area (Å²) in [6.45, 7) is 0.876. The quantitative estimate of drug-likeness (QED) is 0.522. The molecule has 164 valence electrons. The number of methoxy groups -OCH3 is 1. The largest absolute Gasteiger partial charge is 0.469 e. The van der Waals surface area contributed by atoms with Crippen molar-refractivity contribution >= 4 is 5.97 Å². The summed E-state index contributed by atoms with van der Waals surface area (Å²) in [4.78, 5) is 11.6. The summed E-state index contributed by atoms with van der Waals surface area (Å²) in [5, 5.41) is 10.9. The molecule has 4 aliphatic rings. The highest BCUT2D eigenvalue weighted by atomic mass is 16.8. The van der Waals surface area contributed by atoms with Crippen LogP contribution in [0.3, 0.4) is 0 Å². The predicted octanol–water partition coefficient (Wildman–Crippen LogP) is 1.33. The predicted molar refractivity (Wildman–Crippen MR) is 102 cm³/mol. The molecule has 4 saturated heterocycles. The number of carbonyl (C=O) groups is 1. The molecule has 2 bridgehead atoms. The molecule has 0 spiro atoms. The van der Waals surface area contributed by atoms with Crippen LogP contribution in [0.25, 0.3) is 0 Å². The minimum Gasteiger partial charge on any atom is -0.469 e. The van der Waals surface area contributed by atoms with E-state index in [-0.39, 0.29) is 42.9 Å². The van der Waals surface area contributed by atoms with Gasteiger partial charge in [-0.15, -0.1) is 0 Å². The third kappa shape index (κ3) is 3.55. The van der Waals surface area contributed by atoms with E-state index in [1.165, 1.54) is 7.11 Å². The molecule has 5 rings (SSSR count). The van der Waals surface area contributed by atoms with Crippen molar-refractivity contribution in [3.8, 4) is 0 Å². The highest BCUT2D eigenvalue weighted by Gasteiger charge is 2.70. The van der Waals surface area contributed by atoms with Crippen LogP contribution in [-0.4, -0.2) is 73.3 Å². The Balaban J connectivity index is 1.21. The Morgan fingerprint density at radius 2 is 1.87 bits per heavy atom. The highest BCUT2D eigenvalue weighted by Crippen LogP contribution is 2.52. The van der Waals surface area contributed by atoms with Crippen LogP contribution in [0.4, 0.5) is 0 Å². The molecule has 4 heterocycles. The highest BCUT2D eigenvalue weighted by molar-refractivity contribution is 5.69. The third-order valence-electron chi connectivity index (χ3n) is 6.55. The molecule has 0 amide bonds. The second-order valence-electron chi connectivity index (χ2n) is 8.43. The van der Waals surface area contributed by atoms with Crippen LogP contribution in [0.5, 0.6) is 0 Å². The summed E-state index contributed by atoms with van der Waals surface area (Å²) in [6.07, 6.45) is -0.670. The zero-order valence-electron chi connectivity index (χ0n) is 17.0. The Morgan fingerprint density at radius 1 is 1.10 bits per heavy atom. The molecule has 0 aromatic heterocycles. The summed E-state index contributed by atoms with van der Waals surface area (Å²) in [5.41, 5.74) is 1.09. The Morgan fingerprint density at radius 3 is 2.63 bits per heavy atom. The average molecular weight is 420 g/mol. The van der Waals surface area contributed by atoms with Gasteiger partial charge in [-0.2, -0.15) is 0 Å². The molecule has 1 aromatic carbocycles. The number of esters is 1. The van der Waals surface area contributed by atoms with E-state index in [2.05, 4.69) is 0 Å². The van der Waals surface area contributed by atoms with E-state index in [0.29, 0.717) is 26.1 Å².